The van der Waals surface area contributed by atoms with Gasteiger partial charge in [0.25, 0.3) is 5.56 Å². The molecule has 0 unspecified atom stereocenters. The highest BCUT2D eigenvalue weighted by Crippen LogP contribution is 2.38. The predicted molar refractivity (Wildman–Crippen MR) is 130 cm³/mol. The molecular formula is C25H28N2O3S2. The molecule has 0 bridgehead atoms. The Morgan fingerprint density at radius 1 is 1.22 bits per heavy atom. The molecule has 168 valence electrons. The van der Waals surface area contributed by atoms with Crippen molar-refractivity contribution in [3.8, 4) is 0 Å². The first-order valence-electron chi connectivity index (χ1n) is 11.3. The number of fused-ring (bicyclic) bond motifs is 3. The number of ether oxygens (including phenoxy) is 1. The van der Waals surface area contributed by atoms with Gasteiger partial charge in [-0.05, 0) is 44.4 Å². The number of nitrogens with zero attached hydrogens (tertiary/aromatic N) is 2. The minimum absolute atomic E-state index is 0.0369. The lowest BCUT2D eigenvalue weighted by Crippen LogP contribution is -2.35. The van der Waals surface area contributed by atoms with Crippen molar-refractivity contribution >= 4 is 39.1 Å². The van der Waals surface area contributed by atoms with Gasteiger partial charge < -0.3 is 4.74 Å². The summed E-state index contributed by atoms with van der Waals surface area (Å²) in [6, 6.07) is 9.95. The average molecular weight is 469 g/mol. The maximum absolute atomic E-state index is 13.9. The Labute approximate surface area is 196 Å². The smallest absolute Gasteiger partial charge is 0.263 e. The van der Waals surface area contributed by atoms with E-state index in [2.05, 4.69) is 13.8 Å². The fraction of sp³-hybridized carbons (Fsp3) is 0.480. The second-order valence-electron chi connectivity index (χ2n) is 9.34. The normalized spacial score (nSPS) is 18.6. The van der Waals surface area contributed by atoms with Gasteiger partial charge in [-0.2, -0.15) is 0 Å². The number of benzene rings is 1. The second-order valence-corrected chi connectivity index (χ2v) is 11.5. The van der Waals surface area contributed by atoms with Crippen LogP contribution in [0.3, 0.4) is 0 Å². The monoisotopic (exact) mass is 468 g/mol. The molecule has 2 aliphatic rings. The lowest BCUT2D eigenvalue weighted by Gasteiger charge is -2.30. The maximum Gasteiger partial charge on any atom is 0.263 e. The molecule has 5 rings (SSSR count). The van der Waals surface area contributed by atoms with E-state index in [-0.39, 0.29) is 28.7 Å². The molecule has 3 heterocycles. The van der Waals surface area contributed by atoms with Gasteiger partial charge in [0.2, 0.25) is 5.78 Å². The highest BCUT2D eigenvalue weighted by molar-refractivity contribution is 8.00. The van der Waals surface area contributed by atoms with E-state index in [1.165, 1.54) is 29.5 Å². The first-order chi connectivity index (χ1) is 15.4. The summed E-state index contributed by atoms with van der Waals surface area (Å²) in [4.78, 5) is 34.9. The molecular weight excluding hydrogens is 440 g/mol. The molecule has 1 aliphatic carbocycles. The molecule has 1 saturated carbocycles. The second kappa shape index (κ2) is 8.76. The third-order valence-electron chi connectivity index (χ3n) is 6.44. The fourth-order valence-electron chi connectivity index (χ4n) is 4.81. The summed E-state index contributed by atoms with van der Waals surface area (Å²) in [5.74, 6) is 0.526. The first kappa shape index (κ1) is 21.9. The van der Waals surface area contributed by atoms with Crippen molar-refractivity contribution in [1.82, 2.24) is 9.55 Å². The van der Waals surface area contributed by atoms with Crippen LogP contribution in [0.5, 0.6) is 0 Å². The number of aromatic nitrogens is 2. The van der Waals surface area contributed by atoms with E-state index in [1.807, 2.05) is 30.3 Å². The van der Waals surface area contributed by atoms with E-state index < -0.39 is 0 Å². The van der Waals surface area contributed by atoms with Crippen LogP contribution in [0.25, 0.3) is 10.2 Å². The van der Waals surface area contributed by atoms with Gasteiger partial charge in [0.05, 0.1) is 23.3 Å². The zero-order valence-electron chi connectivity index (χ0n) is 18.6. The highest BCUT2D eigenvalue weighted by atomic mass is 32.2. The number of thioether (sulfide) groups is 1. The summed E-state index contributed by atoms with van der Waals surface area (Å²) in [7, 11) is 0. The van der Waals surface area contributed by atoms with Gasteiger partial charge in [-0.3, -0.25) is 14.2 Å². The fourth-order valence-corrected chi connectivity index (χ4v) is 6.68. The number of carbonyl (C=O) groups excluding carboxylic acids is 1. The number of thiophene rings is 1. The first-order valence-corrected chi connectivity index (χ1v) is 13.1. The van der Waals surface area contributed by atoms with Crippen LogP contribution in [0.1, 0.15) is 73.1 Å². The maximum atomic E-state index is 13.9. The lowest BCUT2D eigenvalue weighted by atomic mass is 9.93. The summed E-state index contributed by atoms with van der Waals surface area (Å²) >= 11 is 3.00. The molecule has 2 aromatic heterocycles. The summed E-state index contributed by atoms with van der Waals surface area (Å²) in [6.07, 6.45) is 5.92. The van der Waals surface area contributed by atoms with Crippen molar-refractivity contribution in [3.05, 3.63) is 57.0 Å². The molecule has 0 atom stereocenters. The van der Waals surface area contributed by atoms with Crippen molar-refractivity contribution in [1.29, 1.82) is 0 Å². The Kier molecular flexibility index (Phi) is 5.99. The van der Waals surface area contributed by atoms with Crippen molar-refractivity contribution in [2.75, 3.05) is 5.75 Å². The van der Waals surface area contributed by atoms with Crippen molar-refractivity contribution < 1.29 is 9.53 Å². The largest absolute Gasteiger partial charge is 0.370 e. The summed E-state index contributed by atoms with van der Waals surface area (Å²) < 4.78 is 7.73. The van der Waals surface area contributed by atoms with Crippen LogP contribution in [-0.2, 0) is 17.8 Å². The lowest BCUT2D eigenvalue weighted by molar-refractivity contribution is -0.0379. The van der Waals surface area contributed by atoms with Crippen LogP contribution in [-0.4, -0.2) is 26.7 Å². The minimum Gasteiger partial charge on any atom is -0.370 e. The van der Waals surface area contributed by atoms with Crippen molar-refractivity contribution in [3.63, 3.8) is 0 Å². The molecule has 1 aliphatic heterocycles. The number of Topliss-reactive ketones (excluding diaryl/α,β-unsaturated/α-hetero) is 1. The van der Waals surface area contributed by atoms with Gasteiger partial charge in [-0.25, -0.2) is 4.98 Å². The van der Waals surface area contributed by atoms with Gasteiger partial charge in [0.1, 0.15) is 4.83 Å². The van der Waals surface area contributed by atoms with Crippen LogP contribution in [0.2, 0.25) is 0 Å². The molecule has 1 aromatic carbocycles. The van der Waals surface area contributed by atoms with Crippen molar-refractivity contribution in [2.45, 2.75) is 75.5 Å². The van der Waals surface area contributed by atoms with Crippen LogP contribution in [0, 0.1) is 0 Å². The number of rotatable bonds is 5. The predicted octanol–water partition coefficient (Wildman–Crippen LogP) is 5.79. The number of ketones is 1. The molecule has 5 nitrogen and oxygen atoms in total. The molecule has 7 heteroatoms. The van der Waals surface area contributed by atoms with Gasteiger partial charge in [-0.1, -0.05) is 37.5 Å². The van der Waals surface area contributed by atoms with Crippen LogP contribution >= 0.6 is 23.1 Å². The molecule has 0 saturated heterocycles. The Morgan fingerprint density at radius 2 is 1.97 bits per heavy atom. The van der Waals surface area contributed by atoms with Gasteiger partial charge in [0, 0.05) is 22.2 Å². The van der Waals surface area contributed by atoms with Crippen LogP contribution < -0.4 is 5.56 Å². The Morgan fingerprint density at radius 3 is 2.72 bits per heavy atom. The molecule has 0 radical (unpaired) electrons. The third kappa shape index (κ3) is 4.18. The summed E-state index contributed by atoms with van der Waals surface area (Å²) in [6.45, 7) is 4.62. The van der Waals surface area contributed by atoms with Gasteiger partial charge in [-0.15, -0.1) is 23.1 Å². The number of hydrogen-bond donors (Lipinski definition) is 0. The Bertz CT molecular complexity index is 1210. The Balaban J connectivity index is 1.59. The zero-order valence-corrected chi connectivity index (χ0v) is 20.2. The number of hydrogen-bond acceptors (Lipinski definition) is 6. The highest BCUT2D eigenvalue weighted by Gasteiger charge is 2.33. The molecule has 32 heavy (non-hydrogen) atoms. The summed E-state index contributed by atoms with van der Waals surface area (Å²) in [5.41, 5.74) is 0.732. The molecule has 1 fully saturated rings. The molecule has 3 aromatic rings. The van der Waals surface area contributed by atoms with E-state index in [9.17, 15) is 9.59 Å². The van der Waals surface area contributed by atoms with Crippen molar-refractivity contribution in [2.24, 2.45) is 0 Å². The average Bonchev–Trinajstić information content (AvgIpc) is 3.15. The van der Waals surface area contributed by atoms with E-state index in [0.717, 1.165) is 41.0 Å². The van der Waals surface area contributed by atoms with Crippen LogP contribution in [0.15, 0.2) is 40.0 Å². The van der Waals surface area contributed by atoms with E-state index in [1.54, 1.807) is 4.57 Å². The number of carbonyl (C=O) groups is 1. The van der Waals surface area contributed by atoms with Gasteiger partial charge in [0.15, 0.2) is 5.82 Å². The molecule has 0 N–H and O–H groups in total. The Hall–Kier alpha value is -1.96. The quantitative estimate of drug-likeness (QED) is 0.350. The van der Waals surface area contributed by atoms with E-state index >= 15 is 0 Å². The molecule has 0 spiro atoms. The minimum atomic E-state index is -0.302. The molecule has 0 amide bonds. The summed E-state index contributed by atoms with van der Waals surface area (Å²) in [5, 5.41) is 0.708. The zero-order chi connectivity index (χ0) is 22.3. The standard InChI is InChI=1S/C25H28N2O3S2/c1-25(2)13-18-20(14-30-25)32-23-21(18)24(29)27(16-9-5-3-6-10-16)22(26-23)19(28)15-31-17-11-7-4-8-12-17/h4,7-8,11-12,16H,3,5-6,9-10,13-15H2,1-2H3. The van der Waals surface area contributed by atoms with E-state index in [4.69, 9.17) is 9.72 Å². The van der Waals surface area contributed by atoms with Crippen LogP contribution in [0.4, 0.5) is 0 Å². The SMILES string of the molecule is CC1(C)Cc2c(sc3nc(C(=O)CSc4ccccc4)n(C4CCCCC4)c(=O)c23)CO1. The van der Waals surface area contributed by atoms with E-state index in [0.29, 0.717) is 29.1 Å². The topological polar surface area (TPSA) is 61.2 Å². The third-order valence-corrected chi connectivity index (χ3v) is 8.55. The van der Waals surface area contributed by atoms with Gasteiger partial charge >= 0.3 is 0 Å².